The predicted octanol–water partition coefficient (Wildman–Crippen LogP) is 1.86. The molecule has 0 aliphatic heterocycles. The quantitative estimate of drug-likeness (QED) is 0.511. The van der Waals surface area contributed by atoms with Gasteiger partial charge in [-0.3, -0.25) is 0 Å². The Labute approximate surface area is 59.6 Å². The van der Waals surface area contributed by atoms with E-state index in [0.29, 0.717) is 19.3 Å². The van der Waals surface area contributed by atoms with Gasteiger partial charge in [0, 0.05) is 5.41 Å². The van der Waals surface area contributed by atoms with E-state index in [4.69, 9.17) is 0 Å². The molecule has 0 saturated heterocycles. The largest absolute Gasteiger partial charge is 0.303 e. The second-order valence-electron chi connectivity index (χ2n) is 3.81. The first-order chi connectivity index (χ1) is 4.68. The van der Waals surface area contributed by atoms with Gasteiger partial charge >= 0.3 is 0 Å². The van der Waals surface area contributed by atoms with E-state index in [1.165, 1.54) is 0 Å². The zero-order valence-electron chi connectivity index (χ0n) is 5.90. The molecule has 0 unspecified atom stereocenters. The molecule has 10 heavy (non-hydrogen) atoms. The minimum absolute atomic E-state index is 0.241. The lowest BCUT2D eigenvalue weighted by molar-refractivity contribution is -0.115. The maximum atomic E-state index is 13.4. The average molecular weight is 142 g/mol. The van der Waals surface area contributed by atoms with Crippen LogP contribution in [0.5, 0.6) is 0 Å². The molecule has 0 atom stereocenters. The smallest absolute Gasteiger partial charge is 0.126 e. The van der Waals surface area contributed by atoms with Gasteiger partial charge in [0.2, 0.25) is 0 Å². The summed E-state index contributed by atoms with van der Waals surface area (Å²) in [5, 5.41) is 0. The number of fused-ring (bicyclic) bond motifs is 2. The molecular weight excluding hydrogens is 131 g/mol. The van der Waals surface area contributed by atoms with Crippen molar-refractivity contribution in [1.29, 1.82) is 0 Å². The van der Waals surface area contributed by atoms with E-state index in [0.717, 1.165) is 19.1 Å². The number of carbonyl (C=O) groups is 1. The van der Waals surface area contributed by atoms with Crippen molar-refractivity contribution in [2.24, 2.45) is 5.41 Å². The second-order valence-corrected chi connectivity index (χ2v) is 3.81. The fourth-order valence-corrected chi connectivity index (χ4v) is 2.34. The highest BCUT2D eigenvalue weighted by Crippen LogP contribution is 2.57. The van der Waals surface area contributed by atoms with Crippen LogP contribution >= 0.6 is 0 Å². The number of hydrogen-bond acceptors (Lipinski definition) is 1. The van der Waals surface area contributed by atoms with Crippen molar-refractivity contribution >= 4 is 6.29 Å². The number of rotatable bonds is 1. The fourth-order valence-electron chi connectivity index (χ4n) is 2.34. The molecule has 2 saturated carbocycles. The summed E-state index contributed by atoms with van der Waals surface area (Å²) in [4.78, 5) is 10.6. The van der Waals surface area contributed by atoms with Crippen LogP contribution in [0.3, 0.4) is 0 Å². The topological polar surface area (TPSA) is 17.1 Å². The highest BCUT2D eigenvalue weighted by molar-refractivity contribution is 5.61. The Bertz CT molecular complexity index is 168. The van der Waals surface area contributed by atoms with Crippen molar-refractivity contribution in [3.8, 4) is 0 Å². The van der Waals surface area contributed by atoms with Crippen molar-refractivity contribution in [2.75, 3.05) is 0 Å². The number of aldehydes is 1. The van der Waals surface area contributed by atoms with Crippen LogP contribution in [0.25, 0.3) is 0 Å². The van der Waals surface area contributed by atoms with Crippen molar-refractivity contribution < 1.29 is 9.18 Å². The molecular formula is C8H11FO. The standard InChI is InChI=1S/C8H11FO/c9-8-3-1-7(5-8,6-10)2-4-8/h6H,1-5H2. The Morgan fingerprint density at radius 2 is 1.80 bits per heavy atom. The Morgan fingerprint density at radius 3 is 2.00 bits per heavy atom. The monoisotopic (exact) mass is 142 g/mol. The van der Waals surface area contributed by atoms with Gasteiger partial charge in [0.05, 0.1) is 0 Å². The Balaban J connectivity index is 2.26. The van der Waals surface area contributed by atoms with Gasteiger partial charge in [-0.05, 0) is 32.1 Å². The molecule has 0 aromatic heterocycles. The van der Waals surface area contributed by atoms with Gasteiger partial charge in [-0.2, -0.15) is 0 Å². The lowest BCUT2D eigenvalue weighted by atomic mass is 9.86. The summed E-state index contributed by atoms with van der Waals surface area (Å²) in [5.41, 5.74) is -1.20. The Hall–Kier alpha value is -0.400. The van der Waals surface area contributed by atoms with Gasteiger partial charge in [-0.25, -0.2) is 4.39 Å². The molecule has 2 bridgehead atoms. The van der Waals surface area contributed by atoms with Crippen LogP contribution in [-0.2, 0) is 4.79 Å². The third-order valence-electron chi connectivity index (χ3n) is 3.06. The third-order valence-corrected chi connectivity index (χ3v) is 3.06. The lowest BCUT2D eigenvalue weighted by Crippen LogP contribution is -2.15. The molecule has 0 heterocycles. The highest BCUT2D eigenvalue weighted by Gasteiger charge is 2.54. The number of hydrogen-bond donors (Lipinski definition) is 0. The summed E-state index contributed by atoms with van der Waals surface area (Å²) in [6, 6.07) is 0. The molecule has 0 aromatic carbocycles. The van der Waals surface area contributed by atoms with E-state index < -0.39 is 5.67 Å². The summed E-state index contributed by atoms with van der Waals surface area (Å²) < 4.78 is 13.4. The van der Waals surface area contributed by atoms with Crippen LogP contribution in [0, 0.1) is 5.41 Å². The van der Waals surface area contributed by atoms with Crippen LogP contribution in [0.1, 0.15) is 32.1 Å². The van der Waals surface area contributed by atoms with Gasteiger partial charge in [-0.15, -0.1) is 0 Å². The second kappa shape index (κ2) is 1.60. The van der Waals surface area contributed by atoms with Gasteiger partial charge in [0.25, 0.3) is 0 Å². The van der Waals surface area contributed by atoms with Crippen molar-refractivity contribution in [2.45, 2.75) is 37.8 Å². The minimum Gasteiger partial charge on any atom is -0.303 e. The number of carbonyl (C=O) groups excluding carboxylic acids is 1. The van der Waals surface area contributed by atoms with Crippen molar-refractivity contribution in [3.63, 3.8) is 0 Å². The van der Waals surface area contributed by atoms with E-state index in [-0.39, 0.29) is 5.41 Å². The predicted molar refractivity (Wildman–Crippen MR) is 35.4 cm³/mol. The molecule has 2 heteroatoms. The molecule has 1 nitrogen and oxygen atoms in total. The van der Waals surface area contributed by atoms with Crippen molar-refractivity contribution in [1.82, 2.24) is 0 Å². The van der Waals surface area contributed by atoms with Gasteiger partial charge in [-0.1, -0.05) is 0 Å². The average Bonchev–Trinajstić information content (AvgIpc) is 2.42. The number of halogens is 1. The van der Waals surface area contributed by atoms with Crippen LogP contribution in [0.4, 0.5) is 4.39 Å². The van der Waals surface area contributed by atoms with E-state index in [2.05, 4.69) is 0 Å². The summed E-state index contributed by atoms with van der Waals surface area (Å²) in [6.07, 6.45) is 4.28. The van der Waals surface area contributed by atoms with E-state index in [1.54, 1.807) is 0 Å². The summed E-state index contributed by atoms with van der Waals surface area (Å²) in [5.74, 6) is 0. The van der Waals surface area contributed by atoms with Gasteiger partial charge < -0.3 is 4.79 Å². The number of alkyl halides is 1. The first-order valence-electron chi connectivity index (χ1n) is 3.83. The lowest BCUT2D eigenvalue weighted by Gasteiger charge is -2.18. The molecule has 0 radical (unpaired) electrons. The Morgan fingerprint density at radius 1 is 1.20 bits per heavy atom. The normalized spacial score (nSPS) is 51.7. The highest BCUT2D eigenvalue weighted by atomic mass is 19.1. The molecule has 0 spiro atoms. The molecule has 2 rings (SSSR count). The van der Waals surface area contributed by atoms with E-state index in [9.17, 15) is 9.18 Å². The van der Waals surface area contributed by atoms with Crippen molar-refractivity contribution in [3.05, 3.63) is 0 Å². The molecule has 2 aliphatic carbocycles. The first kappa shape index (κ1) is 6.32. The summed E-state index contributed by atoms with van der Waals surface area (Å²) in [7, 11) is 0. The van der Waals surface area contributed by atoms with Gasteiger partial charge in [0.15, 0.2) is 0 Å². The summed E-state index contributed by atoms with van der Waals surface area (Å²) in [6.45, 7) is 0. The van der Waals surface area contributed by atoms with E-state index in [1.807, 2.05) is 0 Å². The minimum atomic E-state index is -0.957. The molecule has 2 fully saturated rings. The van der Waals surface area contributed by atoms with E-state index >= 15 is 0 Å². The maximum absolute atomic E-state index is 13.4. The molecule has 56 valence electrons. The Kier molecular flexibility index (Phi) is 1.01. The maximum Gasteiger partial charge on any atom is 0.126 e. The SMILES string of the molecule is O=CC12CCC(F)(CC1)C2. The molecule has 0 N–H and O–H groups in total. The van der Waals surface area contributed by atoms with Crippen LogP contribution < -0.4 is 0 Å². The zero-order chi connectivity index (χ0) is 7.24. The molecule has 0 aromatic rings. The van der Waals surface area contributed by atoms with Crippen LogP contribution in [0.2, 0.25) is 0 Å². The van der Waals surface area contributed by atoms with Crippen LogP contribution in [0.15, 0.2) is 0 Å². The van der Waals surface area contributed by atoms with Gasteiger partial charge in [0.1, 0.15) is 12.0 Å². The third kappa shape index (κ3) is 0.648. The first-order valence-corrected chi connectivity index (χ1v) is 3.83. The molecule has 0 amide bonds. The zero-order valence-corrected chi connectivity index (χ0v) is 5.90. The fraction of sp³-hybridized carbons (Fsp3) is 0.875. The van der Waals surface area contributed by atoms with Crippen LogP contribution in [-0.4, -0.2) is 12.0 Å². The molecule has 2 aliphatic rings. The summed E-state index contributed by atoms with van der Waals surface area (Å²) >= 11 is 0.